The maximum atomic E-state index is 12.8. The SMILES string of the molecule is COCCN(CCC#N)S(=O)(=O)N1CCC[C@H](C(=O)O)[C@@H]1C. The Morgan fingerprint density at radius 1 is 1.50 bits per heavy atom. The Balaban J connectivity index is 2.96. The molecule has 22 heavy (non-hydrogen) atoms. The van der Waals surface area contributed by atoms with Crippen LogP contribution in [0.1, 0.15) is 26.2 Å². The Kier molecular flexibility index (Phi) is 7.22. The van der Waals surface area contributed by atoms with Gasteiger partial charge in [-0.1, -0.05) is 0 Å². The predicted molar refractivity (Wildman–Crippen MR) is 79.1 cm³/mol. The maximum Gasteiger partial charge on any atom is 0.308 e. The van der Waals surface area contributed by atoms with E-state index >= 15 is 0 Å². The first-order valence-corrected chi connectivity index (χ1v) is 8.61. The predicted octanol–water partition coefficient (Wildman–Crippen LogP) is 0.278. The molecule has 0 spiro atoms. The van der Waals surface area contributed by atoms with Gasteiger partial charge in [-0.05, 0) is 19.8 Å². The summed E-state index contributed by atoms with van der Waals surface area (Å²) in [5.41, 5.74) is 0. The second-order valence-electron chi connectivity index (χ2n) is 5.25. The van der Waals surface area contributed by atoms with Crippen molar-refractivity contribution in [1.29, 1.82) is 5.26 Å². The van der Waals surface area contributed by atoms with E-state index in [1.54, 1.807) is 6.92 Å². The van der Waals surface area contributed by atoms with Gasteiger partial charge in [-0.25, -0.2) is 0 Å². The maximum absolute atomic E-state index is 12.8. The molecule has 0 bridgehead atoms. The van der Waals surface area contributed by atoms with E-state index in [0.29, 0.717) is 19.4 Å². The highest BCUT2D eigenvalue weighted by atomic mass is 32.2. The number of ether oxygens (including phenoxy) is 1. The molecule has 0 aromatic heterocycles. The van der Waals surface area contributed by atoms with Gasteiger partial charge in [0.1, 0.15) is 0 Å². The molecule has 8 nitrogen and oxygen atoms in total. The van der Waals surface area contributed by atoms with Crippen molar-refractivity contribution in [3.63, 3.8) is 0 Å². The fourth-order valence-electron chi connectivity index (χ4n) is 2.63. The topological polar surface area (TPSA) is 111 Å². The van der Waals surface area contributed by atoms with Crippen LogP contribution in [-0.2, 0) is 19.7 Å². The van der Waals surface area contributed by atoms with Crippen LogP contribution in [0, 0.1) is 17.2 Å². The molecule has 0 radical (unpaired) electrons. The van der Waals surface area contributed by atoms with Gasteiger partial charge >= 0.3 is 5.97 Å². The summed E-state index contributed by atoms with van der Waals surface area (Å²) in [4.78, 5) is 11.3. The number of carboxylic acid groups (broad SMARTS) is 1. The van der Waals surface area contributed by atoms with Crippen molar-refractivity contribution in [2.45, 2.75) is 32.2 Å². The zero-order valence-corrected chi connectivity index (χ0v) is 13.8. The van der Waals surface area contributed by atoms with Crippen LogP contribution in [0.3, 0.4) is 0 Å². The van der Waals surface area contributed by atoms with Gasteiger partial charge in [0, 0.05) is 39.2 Å². The van der Waals surface area contributed by atoms with Gasteiger partial charge in [-0.15, -0.1) is 0 Å². The largest absolute Gasteiger partial charge is 0.481 e. The van der Waals surface area contributed by atoms with E-state index in [-0.39, 0.29) is 26.1 Å². The number of hydrogen-bond donors (Lipinski definition) is 1. The molecular formula is C13H23N3O5S. The Morgan fingerprint density at radius 2 is 2.18 bits per heavy atom. The highest BCUT2D eigenvalue weighted by molar-refractivity contribution is 7.86. The molecule has 0 saturated carbocycles. The molecule has 0 aromatic carbocycles. The average molecular weight is 333 g/mol. The number of aliphatic carboxylic acids is 1. The highest BCUT2D eigenvalue weighted by Crippen LogP contribution is 2.27. The Bertz CT molecular complexity index is 516. The molecule has 0 aliphatic carbocycles. The molecule has 1 aliphatic heterocycles. The lowest BCUT2D eigenvalue weighted by atomic mass is 9.92. The standard InChI is InChI=1S/C13H23N3O5S/c1-11-12(13(17)18)5-3-8-16(11)22(19,20)15(7-4-6-14)9-10-21-2/h11-12H,3-5,7-10H2,1-2H3,(H,17,18)/t11-,12-/m0/s1. The quantitative estimate of drug-likeness (QED) is 0.683. The summed E-state index contributed by atoms with van der Waals surface area (Å²) in [6, 6.07) is 1.32. The third kappa shape index (κ3) is 4.39. The fourth-order valence-corrected chi connectivity index (χ4v) is 4.48. The first-order valence-electron chi connectivity index (χ1n) is 7.21. The van der Waals surface area contributed by atoms with Crippen molar-refractivity contribution in [2.75, 3.05) is 33.4 Å². The molecule has 1 saturated heterocycles. The molecule has 0 amide bonds. The number of nitrogens with zero attached hydrogens (tertiary/aromatic N) is 3. The van der Waals surface area contributed by atoms with Crippen molar-refractivity contribution < 1.29 is 23.1 Å². The minimum atomic E-state index is -3.81. The van der Waals surface area contributed by atoms with Crippen LogP contribution in [0.25, 0.3) is 0 Å². The molecular weight excluding hydrogens is 310 g/mol. The molecule has 126 valence electrons. The Morgan fingerprint density at radius 3 is 2.73 bits per heavy atom. The van der Waals surface area contributed by atoms with Crippen LogP contribution in [0.5, 0.6) is 0 Å². The zero-order chi connectivity index (χ0) is 16.8. The van der Waals surface area contributed by atoms with E-state index < -0.39 is 28.1 Å². The molecule has 1 heterocycles. The van der Waals surface area contributed by atoms with Gasteiger partial charge in [-0.3, -0.25) is 4.79 Å². The van der Waals surface area contributed by atoms with E-state index in [9.17, 15) is 18.3 Å². The van der Waals surface area contributed by atoms with Crippen LogP contribution in [0.4, 0.5) is 0 Å². The fraction of sp³-hybridized carbons (Fsp3) is 0.846. The molecule has 2 atom stereocenters. The summed E-state index contributed by atoms with van der Waals surface area (Å²) in [6.45, 7) is 2.34. The highest BCUT2D eigenvalue weighted by Gasteiger charge is 2.41. The number of carbonyl (C=O) groups is 1. The van der Waals surface area contributed by atoms with E-state index in [2.05, 4.69) is 0 Å². The molecule has 9 heteroatoms. The van der Waals surface area contributed by atoms with E-state index in [1.807, 2.05) is 6.07 Å². The molecule has 0 unspecified atom stereocenters. The summed E-state index contributed by atoms with van der Waals surface area (Å²) in [7, 11) is -2.34. The van der Waals surface area contributed by atoms with Crippen molar-refractivity contribution in [3.8, 4) is 6.07 Å². The average Bonchev–Trinajstić information content (AvgIpc) is 2.46. The van der Waals surface area contributed by atoms with Crippen LogP contribution < -0.4 is 0 Å². The summed E-state index contributed by atoms with van der Waals surface area (Å²) in [5, 5.41) is 17.9. The number of hydrogen-bond acceptors (Lipinski definition) is 5. The van der Waals surface area contributed by atoms with Crippen molar-refractivity contribution in [3.05, 3.63) is 0 Å². The zero-order valence-electron chi connectivity index (χ0n) is 12.9. The summed E-state index contributed by atoms with van der Waals surface area (Å²) in [6.07, 6.45) is 1.06. The number of piperidine rings is 1. The lowest BCUT2D eigenvalue weighted by Crippen LogP contribution is -2.54. The lowest BCUT2D eigenvalue weighted by Gasteiger charge is -2.39. The van der Waals surface area contributed by atoms with Gasteiger partial charge in [0.25, 0.3) is 10.2 Å². The van der Waals surface area contributed by atoms with Crippen molar-refractivity contribution in [1.82, 2.24) is 8.61 Å². The number of methoxy groups -OCH3 is 1. The summed E-state index contributed by atoms with van der Waals surface area (Å²) < 4.78 is 32.9. The molecule has 1 aliphatic rings. The number of rotatable bonds is 8. The number of carboxylic acids is 1. The third-order valence-corrected chi connectivity index (χ3v) is 6.01. The second-order valence-corrected chi connectivity index (χ2v) is 7.13. The van der Waals surface area contributed by atoms with Crippen LogP contribution in [0.15, 0.2) is 0 Å². The van der Waals surface area contributed by atoms with Gasteiger partial charge in [0.15, 0.2) is 0 Å². The smallest absolute Gasteiger partial charge is 0.308 e. The van der Waals surface area contributed by atoms with Crippen molar-refractivity contribution in [2.24, 2.45) is 5.92 Å². The van der Waals surface area contributed by atoms with Crippen molar-refractivity contribution >= 4 is 16.2 Å². The normalized spacial score (nSPS) is 23.4. The van der Waals surface area contributed by atoms with E-state index in [4.69, 9.17) is 10.00 Å². The first-order chi connectivity index (χ1) is 10.4. The minimum Gasteiger partial charge on any atom is -0.481 e. The molecule has 1 N–H and O–H groups in total. The number of nitriles is 1. The van der Waals surface area contributed by atoms with Gasteiger partial charge in [0.05, 0.1) is 18.6 Å². The molecule has 1 fully saturated rings. The monoisotopic (exact) mass is 333 g/mol. The van der Waals surface area contributed by atoms with Gasteiger partial charge in [-0.2, -0.15) is 22.3 Å². The Hall–Kier alpha value is -1.21. The van der Waals surface area contributed by atoms with Crippen LogP contribution in [-0.4, -0.2) is 67.5 Å². The Labute approximate surface area is 131 Å². The minimum absolute atomic E-state index is 0.0726. The first kappa shape index (κ1) is 18.8. The van der Waals surface area contributed by atoms with E-state index in [0.717, 1.165) is 0 Å². The third-order valence-electron chi connectivity index (χ3n) is 3.89. The van der Waals surface area contributed by atoms with Gasteiger partial charge < -0.3 is 9.84 Å². The van der Waals surface area contributed by atoms with Crippen LogP contribution in [0.2, 0.25) is 0 Å². The lowest BCUT2D eigenvalue weighted by molar-refractivity contribution is -0.144. The summed E-state index contributed by atoms with van der Waals surface area (Å²) in [5.74, 6) is -1.68. The van der Waals surface area contributed by atoms with Crippen LogP contribution >= 0.6 is 0 Å². The summed E-state index contributed by atoms with van der Waals surface area (Å²) >= 11 is 0. The second kappa shape index (κ2) is 8.43. The van der Waals surface area contributed by atoms with E-state index in [1.165, 1.54) is 15.7 Å². The van der Waals surface area contributed by atoms with Gasteiger partial charge in [0.2, 0.25) is 0 Å². The molecule has 0 aromatic rings. The molecule has 1 rings (SSSR count).